The molecule has 1 aromatic carbocycles. The van der Waals surface area contributed by atoms with Crippen LogP contribution in [0.3, 0.4) is 0 Å². The molecule has 4 nitrogen and oxygen atoms in total. The fourth-order valence-corrected chi connectivity index (χ4v) is 1.60. The van der Waals surface area contributed by atoms with Gasteiger partial charge in [-0.1, -0.05) is 15.9 Å². The largest absolute Gasteiger partial charge is 0.350 e. The lowest BCUT2D eigenvalue weighted by molar-refractivity contribution is 0.629. The normalized spacial score (nSPS) is 10.5. The van der Waals surface area contributed by atoms with E-state index >= 15 is 0 Å². The maximum Gasteiger partial charge on any atom is 0.350 e. The minimum absolute atomic E-state index is 0.111. The van der Waals surface area contributed by atoms with Gasteiger partial charge in [0.25, 0.3) is 0 Å². The van der Waals surface area contributed by atoms with Crippen molar-refractivity contribution in [2.45, 2.75) is 13.5 Å². The lowest BCUT2D eigenvalue weighted by Gasteiger charge is -1.99. The van der Waals surface area contributed by atoms with Gasteiger partial charge in [0.05, 0.1) is 5.69 Å². The van der Waals surface area contributed by atoms with E-state index in [1.54, 1.807) is 0 Å². The van der Waals surface area contributed by atoms with Crippen LogP contribution < -0.4 is 5.69 Å². The van der Waals surface area contributed by atoms with Gasteiger partial charge in [0.2, 0.25) is 0 Å². The molecule has 0 atom stereocenters. The first-order valence-electron chi connectivity index (χ1n) is 4.63. The predicted molar refractivity (Wildman–Crippen MR) is 61.2 cm³/mol. The first-order chi connectivity index (χ1) is 7.22. The Kier molecular flexibility index (Phi) is 2.73. The maximum absolute atomic E-state index is 11.7. The highest BCUT2D eigenvalue weighted by Gasteiger charge is 2.04. The SMILES string of the molecule is CCn1ncn(-c2ccc(Br)cc2)c1=O. The second kappa shape index (κ2) is 4.02. The average molecular weight is 268 g/mol. The van der Waals surface area contributed by atoms with Crippen LogP contribution in [-0.2, 0) is 6.54 Å². The van der Waals surface area contributed by atoms with E-state index in [4.69, 9.17) is 0 Å². The molecule has 0 unspecified atom stereocenters. The van der Waals surface area contributed by atoms with Gasteiger partial charge in [-0.2, -0.15) is 5.10 Å². The fourth-order valence-electron chi connectivity index (χ4n) is 1.33. The summed E-state index contributed by atoms with van der Waals surface area (Å²) in [4.78, 5) is 11.7. The molecule has 0 bridgehead atoms. The first kappa shape index (κ1) is 10.2. The highest BCUT2D eigenvalue weighted by Crippen LogP contribution is 2.12. The van der Waals surface area contributed by atoms with Crippen LogP contribution in [0.2, 0.25) is 0 Å². The molecule has 0 spiro atoms. The van der Waals surface area contributed by atoms with Gasteiger partial charge in [0, 0.05) is 11.0 Å². The van der Waals surface area contributed by atoms with Gasteiger partial charge in [0.15, 0.2) is 0 Å². The summed E-state index contributed by atoms with van der Waals surface area (Å²) in [5, 5.41) is 3.99. The predicted octanol–water partition coefficient (Wildman–Crippen LogP) is 1.82. The molecule has 5 heteroatoms. The number of hydrogen-bond donors (Lipinski definition) is 0. The standard InChI is InChI=1S/C10H10BrN3O/c1-2-14-10(15)13(7-12-14)9-5-3-8(11)4-6-9/h3-7H,2H2,1H3. The summed E-state index contributed by atoms with van der Waals surface area (Å²) in [5.41, 5.74) is 0.711. The minimum Gasteiger partial charge on any atom is -0.250 e. The molecule has 1 aromatic heterocycles. The highest BCUT2D eigenvalue weighted by molar-refractivity contribution is 9.10. The third-order valence-electron chi connectivity index (χ3n) is 2.14. The number of hydrogen-bond acceptors (Lipinski definition) is 2. The molecule has 0 radical (unpaired) electrons. The summed E-state index contributed by atoms with van der Waals surface area (Å²) in [5.74, 6) is 0. The van der Waals surface area contributed by atoms with Crippen molar-refractivity contribution in [3.8, 4) is 5.69 Å². The van der Waals surface area contributed by atoms with Gasteiger partial charge < -0.3 is 0 Å². The molecule has 0 N–H and O–H groups in total. The van der Waals surface area contributed by atoms with Crippen molar-refractivity contribution in [1.82, 2.24) is 14.3 Å². The van der Waals surface area contributed by atoms with Crippen LogP contribution in [0.4, 0.5) is 0 Å². The third-order valence-corrected chi connectivity index (χ3v) is 2.67. The van der Waals surface area contributed by atoms with Gasteiger partial charge in [0.1, 0.15) is 6.33 Å². The van der Waals surface area contributed by atoms with Crippen molar-refractivity contribution in [2.24, 2.45) is 0 Å². The number of nitrogens with zero attached hydrogens (tertiary/aromatic N) is 3. The molecule has 1 heterocycles. The Morgan fingerprint density at radius 2 is 2.00 bits per heavy atom. The molecule has 78 valence electrons. The molecule has 2 rings (SSSR count). The van der Waals surface area contributed by atoms with Crippen molar-refractivity contribution in [2.75, 3.05) is 0 Å². The van der Waals surface area contributed by atoms with E-state index in [1.165, 1.54) is 15.6 Å². The van der Waals surface area contributed by atoms with Gasteiger partial charge in [-0.05, 0) is 31.2 Å². The second-order valence-corrected chi connectivity index (χ2v) is 3.99. The van der Waals surface area contributed by atoms with Crippen molar-refractivity contribution in [3.05, 3.63) is 45.5 Å². The molecule has 0 aliphatic rings. The van der Waals surface area contributed by atoms with E-state index in [9.17, 15) is 4.79 Å². The lowest BCUT2D eigenvalue weighted by Crippen LogP contribution is -2.22. The Bertz CT molecular complexity index is 512. The fraction of sp³-hybridized carbons (Fsp3) is 0.200. The topological polar surface area (TPSA) is 39.8 Å². The first-order valence-corrected chi connectivity index (χ1v) is 5.42. The summed E-state index contributed by atoms with van der Waals surface area (Å²) >= 11 is 3.35. The molecular weight excluding hydrogens is 258 g/mol. The smallest absolute Gasteiger partial charge is 0.250 e. The second-order valence-electron chi connectivity index (χ2n) is 3.08. The Hall–Kier alpha value is -1.36. The third kappa shape index (κ3) is 1.87. The molecule has 15 heavy (non-hydrogen) atoms. The van der Waals surface area contributed by atoms with Crippen LogP contribution >= 0.6 is 15.9 Å². The van der Waals surface area contributed by atoms with Crippen molar-refractivity contribution < 1.29 is 0 Å². The van der Waals surface area contributed by atoms with Crippen LogP contribution in [0, 0.1) is 0 Å². The number of benzene rings is 1. The molecule has 0 saturated carbocycles. The zero-order valence-electron chi connectivity index (χ0n) is 8.22. The Morgan fingerprint density at radius 3 is 2.53 bits per heavy atom. The molecule has 0 aliphatic carbocycles. The quantitative estimate of drug-likeness (QED) is 0.833. The van der Waals surface area contributed by atoms with Gasteiger partial charge in [-0.3, -0.25) is 0 Å². The van der Waals surface area contributed by atoms with E-state index in [0.29, 0.717) is 6.54 Å². The van der Waals surface area contributed by atoms with E-state index < -0.39 is 0 Å². The maximum atomic E-state index is 11.7. The van der Waals surface area contributed by atoms with Crippen LogP contribution in [0.1, 0.15) is 6.92 Å². The number of rotatable bonds is 2. The van der Waals surface area contributed by atoms with Gasteiger partial charge in [-0.25, -0.2) is 14.0 Å². The zero-order valence-corrected chi connectivity index (χ0v) is 9.81. The average Bonchev–Trinajstić information content (AvgIpc) is 2.61. The number of aryl methyl sites for hydroxylation is 1. The summed E-state index contributed by atoms with van der Waals surface area (Å²) in [6, 6.07) is 7.52. The van der Waals surface area contributed by atoms with Crippen LogP contribution in [-0.4, -0.2) is 14.3 Å². The van der Waals surface area contributed by atoms with Crippen LogP contribution in [0.25, 0.3) is 5.69 Å². The lowest BCUT2D eigenvalue weighted by atomic mass is 10.3. The monoisotopic (exact) mass is 267 g/mol. The van der Waals surface area contributed by atoms with E-state index in [-0.39, 0.29) is 5.69 Å². The summed E-state index contributed by atoms with van der Waals surface area (Å²) in [6.45, 7) is 2.47. The van der Waals surface area contributed by atoms with Gasteiger partial charge >= 0.3 is 5.69 Å². The van der Waals surface area contributed by atoms with E-state index in [2.05, 4.69) is 21.0 Å². The Labute approximate surface area is 95.3 Å². The minimum atomic E-state index is -0.111. The Balaban J connectivity index is 2.50. The zero-order chi connectivity index (χ0) is 10.8. The van der Waals surface area contributed by atoms with Crippen molar-refractivity contribution >= 4 is 15.9 Å². The summed E-state index contributed by atoms with van der Waals surface area (Å²) < 4.78 is 3.93. The molecular formula is C10H10BrN3O. The highest BCUT2D eigenvalue weighted by atomic mass is 79.9. The van der Waals surface area contributed by atoms with Gasteiger partial charge in [-0.15, -0.1) is 0 Å². The molecule has 0 aliphatic heterocycles. The molecule has 2 aromatic rings. The van der Waals surface area contributed by atoms with Crippen molar-refractivity contribution in [1.29, 1.82) is 0 Å². The van der Waals surface area contributed by atoms with E-state index in [0.717, 1.165) is 10.2 Å². The Morgan fingerprint density at radius 1 is 1.33 bits per heavy atom. The molecule has 0 amide bonds. The molecule has 0 saturated heterocycles. The van der Waals surface area contributed by atoms with Crippen molar-refractivity contribution in [3.63, 3.8) is 0 Å². The van der Waals surface area contributed by atoms with Crippen LogP contribution in [0.15, 0.2) is 39.9 Å². The van der Waals surface area contributed by atoms with Crippen LogP contribution in [0.5, 0.6) is 0 Å². The summed E-state index contributed by atoms with van der Waals surface area (Å²) in [7, 11) is 0. The number of halogens is 1. The summed E-state index contributed by atoms with van der Waals surface area (Å²) in [6.07, 6.45) is 1.54. The van der Waals surface area contributed by atoms with E-state index in [1.807, 2.05) is 31.2 Å². The molecule has 0 fully saturated rings. The number of aromatic nitrogens is 3.